The van der Waals surface area contributed by atoms with Gasteiger partial charge in [0, 0.05) is 20.2 Å². The molecule has 1 saturated heterocycles. The van der Waals surface area contributed by atoms with Crippen LogP contribution < -0.4 is 4.90 Å². The van der Waals surface area contributed by atoms with Gasteiger partial charge in [-0.3, -0.25) is 0 Å². The van der Waals surface area contributed by atoms with Gasteiger partial charge in [0.2, 0.25) is 5.95 Å². The van der Waals surface area contributed by atoms with E-state index in [2.05, 4.69) is 30.3 Å². The van der Waals surface area contributed by atoms with Gasteiger partial charge in [-0.1, -0.05) is 12.1 Å². The normalized spacial score (nSPS) is 22.2. The molecule has 0 radical (unpaired) electrons. The van der Waals surface area contributed by atoms with Crippen molar-refractivity contribution in [3.05, 3.63) is 36.2 Å². The Hall–Kier alpha value is -2.41. The number of hydrogen-bond donors (Lipinski definition) is 2. The number of rotatable bonds is 3. The number of imidazole rings is 1. The molecule has 1 aromatic carbocycles. The fourth-order valence-corrected chi connectivity index (χ4v) is 2.95. The van der Waals surface area contributed by atoms with Crippen molar-refractivity contribution in [2.45, 2.75) is 12.0 Å². The van der Waals surface area contributed by atoms with Crippen molar-refractivity contribution in [1.29, 1.82) is 0 Å². The molecule has 0 amide bonds. The second-order valence-electron chi connectivity index (χ2n) is 5.26. The lowest BCUT2D eigenvalue weighted by Gasteiger charge is -2.13. The van der Waals surface area contributed by atoms with Gasteiger partial charge in [-0.25, -0.2) is 4.98 Å². The van der Waals surface area contributed by atoms with Gasteiger partial charge in [0.05, 0.1) is 34.9 Å². The lowest BCUT2D eigenvalue weighted by Crippen LogP contribution is -2.23. The van der Waals surface area contributed by atoms with E-state index in [4.69, 9.17) is 4.74 Å². The number of hydrogen-bond acceptors (Lipinski definition) is 5. The number of ether oxygens (including phenoxy) is 1. The van der Waals surface area contributed by atoms with E-state index in [1.807, 2.05) is 24.3 Å². The molecule has 0 spiro atoms. The molecular weight excluding hydrogens is 268 g/mol. The van der Waals surface area contributed by atoms with Crippen LogP contribution in [0.1, 0.15) is 11.6 Å². The van der Waals surface area contributed by atoms with E-state index in [1.54, 1.807) is 13.3 Å². The zero-order chi connectivity index (χ0) is 14.2. The molecule has 4 rings (SSSR count). The standard InChI is InChI=1S/C14H16N6O/c1-21-13-8-20(7-9(13)12-6-15-19-18-12)14-16-10-4-2-3-5-11(10)17-14/h2-6,9,13H,7-8H2,1H3,(H,16,17)(H,15,18,19)/t9-,13+/m0/s1. The molecule has 2 aromatic heterocycles. The number of nitrogens with one attached hydrogen (secondary N) is 2. The number of aromatic nitrogens is 5. The van der Waals surface area contributed by atoms with Crippen LogP contribution in [0.4, 0.5) is 5.95 Å². The molecule has 3 heterocycles. The monoisotopic (exact) mass is 284 g/mol. The Balaban J connectivity index is 1.64. The summed E-state index contributed by atoms with van der Waals surface area (Å²) in [5.74, 6) is 1.08. The third kappa shape index (κ3) is 2.06. The first-order valence-corrected chi connectivity index (χ1v) is 6.93. The Labute approximate surface area is 121 Å². The Morgan fingerprint density at radius 1 is 1.29 bits per heavy atom. The van der Waals surface area contributed by atoms with E-state index >= 15 is 0 Å². The van der Waals surface area contributed by atoms with Crippen LogP contribution in [0, 0.1) is 0 Å². The number of benzene rings is 1. The van der Waals surface area contributed by atoms with E-state index in [1.165, 1.54) is 0 Å². The molecule has 1 fully saturated rings. The molecule has 0 unspecified atom stereocenters. The van der Waals surface area contributed by atoms with Crippen LogP contribution in [-0.2, 0) is 4.74 Å². The van der Waals surface area contributed by atoms with Crippen molar-refractivity contribution in [3.63, 3.8) is 0 Å². The van der Waals surface area contributed by atoms with E-state index < -0.39 is 0 Å². The molecule has 0 aliphatic carbocycles. The third-order valence-corrected chi connectivity index (χ3v) is 4.06. The quantitative estimate of drug-likeness (QED) is 0.757. The largest absolute Gasteiger partial charge is 0.379 e. The van der Waals surface area contributed by atoms with E-state index in [0.29, 0.717) is 0 Å². The first kappa shape index (κ1) is 12.3. The highest BCUT2D eigenvalue weighted by Crippen LogP contribution is 2.31. The smallest absolute Gasteiger partial charge is 0.203 e. The molecule has 0 bridgehead atoms. The first-order chi connectivity index (χ1) is 10.3. The summed E-state index contributed by atoms with van der Waals surface area (Å²) in [6.07, 6.45) is 1.85. The molecule has 3 aromatic rings. The minimum Gasteiger partial charge on any atom is -0.379 e. The number of aromatic amines is 2. The fraction of sp³-hybridized carbons (Fsp3) is 0.357. The molecule has 108 valence electrons. The number of fused-ring (bicyclic) bond motifs is 1. The van der Waals surface area contributed by atoms with Gasteiger partial charge in [-0.15, -0.1) is 0 Å². The van der Waals surface area contributed by atoms with Crippen molar-refractivity contribution in [1.82, 2.24) is 25.4 Å². The molecule has 2 N–H and O–H groups in total. The predicted molar refractivity (Wildman–Crippen MR) is 78.2 cm³/mol. The minimum absolute atomic E-state index is 0.0864. The summed E-state index contributed by atoms with van der Waals surface area (Å²) in [4.78, 5) is 10.2. The van der Waals surface area contributed by atoms with E-state index in [9.17, 15) is 0 Å². The van der Waals surface area contributed by atoms with E-state index in [-0.39, 0.29) is 12.0 Å². The highest BCUT2D eigenvalue weighted by molar-refractivity contribution is 5.77. The Morgan fingerprint density at radius 3 is 2.95 bits per heavy atom. The van der Waals surface area contributed by atoms with Gasteiger partial charge < -0.3 is 14.6 Å². The zero-order valence-electron chi connectivity index (χ0n) is 11.7. The predicted octanol–water partition coefficient (Wildman–Crippen LogP) is 1.30. The summed E-state index contributed by atoms with van der Waals surface area (Å²) in [7, 11) is 1.74. The molecule has 1 aliphatic heterocycles. The highest BCUT2D eigenvalue weighted by atomic mass is 16.5. The summed E-state index contributed by atoms with van der Waals surface area (Å²) in [5, 5.41) is 10.8. The van der Waals surface area contributed by atoms with Crippen LogP contribution in [0.5, 0.6) is 0 Å². The summed E-state index contributed by atoms with van der Waals surface area (Å²) in [6.45, 7) is 1.60. The SMILES string of the molecule is CO[C@@H]1CN(c2nc3ccccc3[nH]2)C[C@H]1c1cn[nH]n1. The average Bonchev–Trinajstić information content (AvgIpc) is 3.24. The Kier molecular flexibility index (Phi) is 2.85. The Bertz CT molecular complexity index is 704. The second-order valence-corrected chi connectivity index (χ2v) is 5.26. The molecule has 21 heavy (non-hydrogen) atoms. The number of para-hydroxylation sites is 2. The number of anilines is 1. The van der Waals surface area contributed by atoms with Crippen molar-refractivity contribution >= 4 is 17.0 Å². The van der Waals surface area contributed by atoms with Crippen LogP contribution in [0.2, 0.25) is 0 Å². The summed E-state index contributed by atoms with van der Waals surface area (Å²) < 4.78 is 5.61. The van der Waals surface area contributed by atoms with Gasteiger partial charge in [0.1, 0.15) is 0 Å². The van der Waals surface area contributed by atoms with Crippen LogP contribution in [0.15, 0.2) is 30.5 Å². The van der Waals surface area contributed by atoms with Crippen LogP contribution in [0.3, 0.4) is 0 Å². The molecular formula is C14H16N6O. The van der Waals surface area contributed by atoms with Crippen molar-refractivity contribution in [3.8, 4) is 0 Å². The zero-order valence-corrected chi connectivity index (χ0v) is 11.7. The molecule has 0 saturated carbocycles. The summed E-state index contributed by atoms with van der Waals surface area (Å²) in [5.41, 5.74) is 2.96. The maximum Gasteiger partial charge on any atom is 0.203 e. The molecule has 1 aliphatic rings. The average molecular weight is 284 g/mol. The second kappa shape index (κ2) is 4.85. The Morgan fingerprint density at radius 2 is 2.19 bits per heavy atom. The fourth-order valence-electron chi connectivity index (χ4n) is 2.95. The minimum atomic E-state index is 0.0864. The highest BCUT2D eigenvalue weighted by Gasteiger charge is 2.36. The van der Waals surface area contributed by atoms with Crippen molar-refractivity contribution in [2.75, 3.05) is 25.1 Å². The van der Waals surface area contributed by atoms with Crippen LogP contribution in [-0.4, -0.2) is 51.7 Å². The van der Waals surface area contributed by atoms with Gasteiger partial charge in [0.25, 0.3) is 0 Å². The maximum absolute atomic E-state index is 5.61. The lowest BCUT2D eigenvalue weighted by atomic mass is 10.0. The maximum atomic E-state index is 5.61. The van der Waals surface area contributed by atoms with Gasteiger partial charge in [0.15, 0.2) is 0 Å². The van der Waals surface area contributed by atoms with Crippen molar-refractivity contribution in [2.24, 2.45) is 0 Å². The van der Waals surface area contributed by atoms with Crippen LogP contribution >= 0.6 is 0 Å². The number of methoxy groups -OCH3 is 1. The number of nitrogens with zero attached hydrogens (tertiary/aromatic N) is 4. The molecule has 7 nitrogen and oxygen atoms in total. The van der Waals surface area contributed by atoms with Gasteiger partial charge in [-0.05, 0) is 12.1 Å². The van der Waals surface area contributed by atoms with Crippen molar-refractivity contribution < 1.29 is 4.74 Å². The van der Waals surface area contributed by atoms with Crippen LogP contribution in [0.25, 0.3) is 11.0 Å². The molecule has 2 atom stereocenters. The topological polar surface area (TPSA) is 82.7 Å². The van der Waals surface area contributed by atoms with Gasteiger partial charge >= 0.3 is 0 Å². The molecule has 7 heteroatoms. The first-order valence-electron chi connectivity index (χ1n) is 6.93. The third-order valence-electron chi connectivity index (χ3n) is 4.06. The lowest BCUT2D eigenvalue weighted by molar-refractivity contribution is 0.105. The summed E-state index contributed by atoms with van der Waals surface area (Å²) in [6, 6.07) is 8.04. The number of H-pyrrole nitrogens is 2. The van der Waals surface area contributed by atoms with E-state index in [0.717, 1.165) is 35.8 Å². The summed E-state index contributed by atoms with van der Waals surface area (Å²) >= 11 is 0. The van der Waals surface area contributed by atoms with Gasteiger partial charge in [-0.2, -0.15) is 15.4 Å².